The number of ether oxygens (including phenoxy) is 2. The SMILES string of the molecule is COc1nccc(OC2CCCN(C(=O)c3ccc(C#N)cc3)C2)n1. The lowest BCUT2D eigenvalue weighted by Crippen LogP contribution is -2.44. The van der Waals surface area contributed by atoms with E-state index in [1.807, 2.05) is 6.07 Å². The fourth-order valence-corrected chi connectivity index (χ4v) is 2.75. The van der Waals surface area contributed by atoms with E-state index in [4.69, 9.17) is 14.7 Å². The van der Waals surface area contributed by atoms with Gasteiger partial charge in [-0.15, -0.1) is 0 Å². The molecule has 0 bridgehead atoms. The molecule has 7 heteroatoms. The molecule has 1 aliphatic heterocycles. The Labute approximate surface area is 145 Å². The number of carbonyl (C=O) groups is 1. The molecule has 1 aromatic heterocycles. The van der Waals surface area contributed by atoms with Crippen LogP contribution in [0, 0.1) is 11.3 Å². The van der Waals surface area contributed by atoms with E-state index in [2.05, 4.69) is 9.97 Å². The van der Waals surface area contributed by atoms with Crippen LogP contribution < -0.4 is 9.47 Å². The van der Waals surface area contributed by atoms with Crippen LogP contribution in [0.25, 0.3) is 0 Å². The third-order valence-electron chi connectivity index (χ3n) is 4.00. The average molecular weight is 338 g/mol. The molecule has 2 heterocycles. The first-order chi connectivity index (χ1) is 12.2. The number of hydrogen-bond acceptors (Lipinski definition) is 6. The first kappa shape index (κ1) is 16.7. The summed E-state index contributed by atoms with van der Waals surface area (Å²) in [6, 6.07) is 10.6. The average Bonchev–Trinajstić information content (AvgIpc) is 2.68. The van der Waals surface area contributed by atoms with Gasteiger partial charge in [0.05, 0.1) is 25.3 Å². The van der Waals surface area contributed by atoms with Crippen molar-refractivity contribution in [1.82, 2.24) is 14.9 Å². The number of benzene rings is 1. The first-order valence-electron chi connectivity index (χ1n) is 8.02. The van der Waals surface area contributed by atoms with E-state index in [0.717, 1.165) is 12.8 Å². The number of nitriles is 1. The molecule has 0 spiro atoms. The summed E-state index contributed by atoms with van der Waals surface area (Å²) >= 11 is 0. The zero-order valence-corrected chi connectivity index (χ0v) is 13.9. The smallest absolute Gasteiger partial charge is 0.319 e. The number of methoxy groups -OCH3 is 1. The maximum atomic E-state index is 12.6. The second-order valence-corrected chi connectivity index (χ2v) is 5.70. The predicted octanol–water partition coefficient (Wildman–Crippen LogP) is 2.04. The van der Waals surface area contributed by atoms with Gasteiger partial charge in [-0.3, -0.25) is 4.79 Å². The molecule has 3 rings (SSSR count). The molecule has 128 valence electrons. The lowest BCUT2D eigenvalue weighted by molar-refractivity contribution is 0.0525. The van der Waals surface area contributed by atoms with E-state index >= 15 is 0 Å². The summed E-state index contributed by atoms with van der Waals surface area (Å²) in [6.07, 6.45) is 3.15. The summed E-state index contributed by atoms with van der Waals surface area (Å²) in [4.78, 5) is 22.5. The lowest BCUT2D eigenvalue weighted by Gasteiger charge is -2.32. The summed E-state index contributed by atoms with van der Waals surface area (Å²) in [5.41, 5.74) is 1.11. The molecule has 1 amide bonds. The monoisotopic (exact) mass is 338 g/mol. The van der Waals surface area contributed by atoms with Crippen LogP contribution in [-0.4, -0.2) is 47.1 Å². The molecule has 7 nitrogen and oxygen atoms in total. The van der Waals surface area contributed by atoms with Gasteiger partial charge in [0.25, 0.3) is 5.91 Å². The number of hydrogen-bond donors (Lipinski definition) is 0. The minimum absolute atomic E-state index is 0.0574. The topological polar surface area (TPSA) is 88.3 Å². The molecule has 1 aromatic carbocycles. The number of amides is 1. The second kappa shape index (κ2) is 7.62. The molecule has 1 unspecified atom stereocenters. The Kier molecular flexibility index (Phi) is 5.09. The first-order valence-corrected chi connectivity index (χ1v) is 8.02. The number of aromatic nitrogens is 2. The highest BCUT2D eigenvalue weighted by molar-refractivity contribution is 5.94. The fourth-order valence-electron chi connectivity index (χ4n) is 2.75. The maximum Gasteiger partial charge on any atom is 0.319 e. The molecule has 1 saturated heterocycles. The number of nitrogens with zero attached hydrogens (tertiary/aromatic N) is 4. The molecular formula is C18H18N4O3. The van der Waals surface area contributed by atoms with Crippen molar-refractivity contribution >= 4 is 5.91 Å². The van der Waals surface area contributed by atoms with Crippen molar-refractivity contribution in [2.75, 3.05) is 20.2 Å². The van der Waals surface area contributed by atoms with Gasteiger partial charge < -0.3 is 14.4 Å². The third-order valence-corrected chi connectivity index (χ3v) is 4.00. The van der Waals surface area contributed by atoms with Gasteiger partial charge in [0, 0.05) is 24.4 Å². The normalized spacial score (nSPS) is 16.8. The van der Waals surface area contributed by atoms with Crippen molar-refractivity contribution in [3.8, 4) is 18.0 Å². The van der Waals surface area contributed by atoms with E-state index < -0.39 is 0 Å². The zero-order valence-electron chi connectivity index (χ0n) is 13.9. The van der Waals surface area contributed by atoms with Gasteiger partial charge in [-0.2, -0.15) is 10.2 Å². The second-order valence-electron chi connectivity index (χ2n) is 5.70. The van der Waals surface area contributed by atoms with Gasteiger partial charge in [-0.1, -0.05) is 0 Å². The largest absolute Gasteiger partial charge is 0.472 e. The van der Waals surface area contributed by atoms with E-state index in [-0.39, 0.29) is 18.0 Å². The van der Waals surface area contributed by atoms with Crippen LogP contribution in [0.1, 0.15) is 28.8 Å². The van der Waals surface area contributed by atoms with Crippen LogP contribution in [0.15, 0.2) is 36.5 Å². The summed E-state index contributed by atoms with van der Waals surface area (Å²) in [5.74, 6) is 0.377. The highest BCUT2D eigenvalue weighted by Gasteiger charge is 2.26. The molecule has 1 aliphatic rings. The molecule has 0 saturated carbocycles. The van der Waals surface area contributed by atoms with Gasteiger partial charge in [0.15, 0.2) is 0 Å². The number of likely N-dealkylation sites (tertiary alicyclic amines) is 1. The number of rotatable bonds is 4. The van der Waals surface area contributed by atoms with Crippen molar-refractivity contribution in [1.29, 1.82) is 5.26 Å². The third kappa shape index (κ3) is 4.04. The summed E-state index contributed by atoms with van der Waals surface area (Å²) in [7, 11) is 1.50. The van der Waals surface area contributed by atoms with Crippen molar-refractivity contribution in [3.05, 3.63) is 47.7 Å². The quantitative estimate of drug-likeness (QED) is 0.847. The van der Waals surface area contributed by atoms with Crippen LogP contribution in [-0.2, 0) is 0 Å². The maximum absolute atomic E-state index is 12.6. The molecular weight excluding hydrogens is 320 g/mol. The van der Waals surface area contributed by atoms with E-state index in [1.54, 1.807) is 41.4 Å². The predicted molar refractivity (Wildman–Crippen MR) is 89.3 cm³/mol. The molecule has 0 aliphatic carbocycles. The van der Waals surface area contributed by atoms with Crippen molar-refractivity contribution < 1.29 is 14.3 Å². The van der Waals surface area contributed by atoms with E-state index in [9.17, 15) is 4.79 Å². The molecule has 0 radical (unpaired) electrons. The molecule has 1 fully saturated rings. The number of carbonyl (C=O) groups excluding carboxylic acids is 1. The minimum Gasteiger partial charge on any atom is -0.472 e. The van der Waals surface area contributed by atoms with Crippen molar-refractivity contribution in [2.45, 2.75) is 18.9 Å². The van der Waals surface area contributed by atoms with Gasteiger partial charge >= 0.3 is 6.01 Å². The van der Waals surface area contributed by atoms with Crippen LogP contribution in [0.3, 0.4) is 0 Å². The zero-order chi connectivity index (χ0) is 17.6. The summed E-state index contributed by atoms with van der Waals surface area (Å²) < 4.78 is 10.9. The highest BCUT2D eigenvalue weighted by Crippen LogP contribution is 2.19. The minimum atomic E-state index is -0.129. The van der Waals surface area contributed by atoms with Gasteiger partial charge in [0.2, 0.25) is 5.88 Å². The summed E-state index contributed by atoms with van der Waals surface area (Å²) in [5, 5.41) is 8.85. The highest BCUT2D eigenvalue weighted by atomic mass is 16.5. The fraction of sp³-hybridized carbons (Fsp3) is 0.333. The molecule has 2 aromatic rings. The Balaban J connectivity index is 1.65. The van der Waals surface area contributed by atoms with Crippen LogP contribution >= 0.6 is 0 Å². The van der Waals surface area contributed by atoms with Gasteiger partial charge in [-0.05, 0) is 37.1 Å². The Morgan fingerprint density at radius 3 is 2.84 bits per heavy atom. The Bertz CT molecular complexity index is 786. The van der Waals surface area contributed by atoms with Gasteiger partial charge in [-0.25, -0.2) is 4.98 Å². The van der Waals surface area contributed by atoms with E-state index in [1.165, 1.54) is 7.11 Å². The van der Waals surface area contributed by atoms with Crippen molar-refractivity contribution in [2.24, 2.45) is 0 Å². The lowest BCUT2D eigenvalue weighted by atomic mass is 10.1. The Morgan fingerprint density at radius 1 is 1.32 bits per heavy atom. The Morgan fingerprint density at radius 2 is 2.12 bits per heavy atom. The molecule has 1 atom stereocenters. The van der Waals surface area contributed by atoms with Crippen molar-refractivity contribution in [3.63, 3.8) is 0 Å². The van der Waals surface area contributed by atoms with Crippen LogP contribution in [0.5, 0.6) is 11.9 Å². The van der Waals surface area contributed by atoms with Crippen LogP contribution in [0.4, 0.5) is 0 Å². The summed E-state index contributed by atoms with van der Waals surface area (Å²) in [6.45, 7) is 1.18. The van der Waals surface area contributed by atoms with E-state index in [0.29, 0.717) is 30.1 Å². The standard InChI is InChI=1S/C18H18N4O3/c1-24-18-20-9-8-16(21-18)25-15-3-2-10-22(12-15)17(23)14-6-4-13(11-19)5-7-14/h4-9,15H,2-3,10,12H2,1H3. The molecule has 25 heavy (non-hydrogen) atoms. The molecule has 0 N–H and O–H groups in total. The Hall–Kier alpha value is -3.14. The number of piperidine rings is 1. The van der Waals surface area contributed by atoms with Gasteiger partial charge in [0.1, 0.15) is 6.10 Å². The van der Waals surface area contributed by atoms with Crippen LogP contribution in [0.2, 0.25) is 0 Å².